The second-order valence-corrected chi connectivity index (χ2v) is 7.99. The highest BCUT2D eigenvalue weighted by Crippen LogP contribution is 2.29. The maximum absolute atomic E-state index is 12.2. The number of thiophene rings is 1. The van der Waals surface area contributed by atoms with Crippen molar-refractivity contribution in [3.63, 3.8) is 0 Å². The fourth-order valence-corrected chi connectivity index (χ4v) is 4.98. The van der Waals surface area contributed by atoms with Crippen molar-refractivity contribution in [2.24, 2.45) is 0 Å². The first-order chi connectivity index (χ1) is 7.99. The zero-order valence-corrected chi connectivity index (χ0v) is 12.7. The van der Waals surface area contributed by atoms with Gasteiger partial charge in [0.25, 0.3) is 0 Å². The highest BCUT2D eigenvalue weighted by Gasteiger charge is 2.26. The molecule has 2 rings (SSSR count). The van der Waals surface area contributed by atoms with Gasteiger partial charge < -0.3 is 5.32 Å². The number of sulfonamides is 1. The Morgan fingerprint density at radius 3 is 2.94 bits per heavy atom. The van der Waals surface area contributed by atoms with E-state index >= 15 is 0 Å². The van der Waals surface area contributed by atoms with Crippen LogP contribution in [0.1, 0.15) is 12.8 Å². The largest absolute Gasteiger partial charge is 0.313 e. The molecule has 1 atom stereocenters. The molecule has 1 aliphatic heterocycles. The van der Waals surface area contributed by atoms with Crippen molar-refractivity contribution in [2.75, 3.05) is 23.7 Å². The third kappa shape index (κ3) is 3.21. The first kappa shape index (κ1) is 13.3. The van der Waals surface area contributed by atoms with E-state index < -0.39 is 10.0 Å². The summed E-state index contributed by atoms with van der Waals surface area (Å²) in [6.45, 7) is 0.925. The van der Waals surface area contributed by atoms with Crippen LogP contribution in [0.5, 0.6) is 0 Å². The van der Waals surface area contributed by atoms with E-state index in [0.717, 1.165) is 28.9 Å². The lowest BCUT2D eigenvalue weighted by molar-refractivity contribution is 0.575. The third-order valence-electron chi connectivity index (χ3n) is 2.86. The van der Waals surface area contributed by atoms with E-state index in [9.17, 15) is 8.42 Å². The topological polar surface area (TPSA) is 49.4 Å². The second-order valence-electron chi connectivity index (χ2n) is 4.14. The predicted octanol–water partition coefficient (Wildman–Crippen LogP) is 2.03. The normalized spacial score (nSPS) is 20.7. The molecular weight excluding hydrogens is 324 g/mol. The van der Waals surface area contributed by atoms with E-state index in [1.807, 2.05) is 11.4 Å². The Bertz CT molecular complexity index is 480. The summed E-state index contributed by atoms with van der Waals surface area (Å²) in [7, 11) is -1.61. The Labute approximate surface area is 114 Å². The number of nitrogens with zero attached hydrogens (tertiary/aromatic N) is 1. The monoisotopic (exact) mass is 338 g/mol. The van der Waals surface area contributed by atoms with E-state index in [4.69, 9.17) is 0 Å². The molecule has 1 aromatic rings. The van der Waals surface area contributed by atoms with Gasteiger partial charge in [-0.25, -0.2) is 8.42 Å². The molecule has 0 radical (unpaired) electrons. The Kier molecular flexibility index (Phi) is 4.12. The van der Waals surface area contributed by atoms with Gasteiger partial charge in [0.1, 0.15) is 5.00 Å². The fraction of sp³-hybridized carbons (Fsp3) is 0.600. The molecule has 2 heterocycles. The van der Waals surface area contributed by atoms with Gasteiger partial charge in [-0.05, 0) is 41.4 Å². The van der Waals surface area contributed by atoms with Crippen molar-refractivity contribution < 1.29 is 8.42 Å². The quantitative estimate of drug-likeness (QED) is 0.913. The summed E-state index contributed by atoms with van der Waals surface area (Å²) in [5.74, 6) is 0.180. The summed E-state index contributed by atoms with van der Waals surface area (Å²) in [5.41, 5.74) is 0. The molecule has 1 N–H and O–H groups in total. The van der Waals surface area contributed by atoms with Crippen molar-refractivity contribution in [3.8, 4) is 0 Å². The number of halogens is 1. The molecule has 1 fully saturated rings. The molecule has 0 aromatic carbocycles. The summed E-state index contributed by atoms with van der Waals surface area (Å²) in [5, 5.41) is 5.84. The Balaban J connectivity index is 2.09. The van der Waals surface area contributed by atoms with Crippen LogP contribution in [-0.4, -0.2) is 33.8 Å². The lowest BCUT2D eigenvalue weighted by Gasteiger charge is -2.19. The molecule has 0 saturated carbocycles. The molecule has 96 valence electrons. The molecule has 1 saturated heterocycles. The van der Waals surface area contributed by atoms with Crippen molar-refractivity contribution in [1.82, 2.24) is 5.32 Å². The number of rotatable bonds is 4. The van der Waals surface area contributed by atoms with E-state index in [0.29, 0.717) is 0 Å². The van der Waals surface area contributed by atoms with Gasteiger partial charge in [-0.3, -0.25) is 4.31 Å². The van der Waals surface area contributed by atoms with Gasteiger partial charge in [-0.15, -0.1) is 11.3 Å². The van der Waals surface area contributed by atoms with Crippen LogP contribution >= 0.6 is 27.3 Å². The minimum atomic E-state index is -3.22. The number of hydrogen-bond donors (Lipinski definition) is 1. The molecule has 1 aromatic heterocycles. The molecule has 4 nitrogen and oxygen atoms in total. The van der Waals surface area contributed by atoms with Gasteiger partial charge in [0.2, 0.25) is 10.0 Å². The highest BCUT2D eigenvalue weighted by molar-refractivity contribution is 9.10. The van der Waals surface area contributed by atoms with Gasteiger partial charge >= 0.3 is 0 Å². The van der Waals surface area contributed by atoms with E-state index in [1.54, 1.807) is 7.05 Å². The van der Waals surface area contributed by atoms with E-state index in [1.165, 1.54) is 15.6 Å². The first-order valence-corrected chi connectivity index (χ1v) is 8.71. The van der Waals surface area contributed by atoms with Crippen LogP contribution in [-0.2, 0) is 10.0 Å². The Morgan fingerprint density at radius 2 is 2.41 bits per heavy atom. The second kappa shape index (κ2) is 5.26. The fourth-order valence-electron chi connectivity index (χ4n) is 1.87. The molecule has 0 bridgehead atoms. The van der Waals surface area contributed by atoms with Crippen molar-refractivity contribution in [2.45, 2.75) is 18.9 Å². The minimum absolute atomic E-state index is 0.103. The zero-order valence-electron chi connectivity index (χ0n) is 9.52. The minimum Gasteiger partial charge on any atom is -0.313 e. The van der Waals surface area contributed by atoms with Crippen molar-refractivity contribution in [3.05, 3.63) is 15.9 Å². The van der Waals surface area contributed by atoms with Crippen LogP contribution in [0.4, 0.5) is 5.00 Å². The average Bonchev–Trinajstić information content (AvgIpc) is 2.88. The summed E-state index contributed by atoms with van der Waals surface area (Å²) in [4.78, 5) is 0. The van der Waals surface area contributed by atoms with E-state index in [2.05, 4.69) is 21.2 Å². The Hall–Kier alpha value is -0.110. The molecule has 1 aliphatic rings. The van der Waals surface area contributed by atoms with Crippen LogP contribution in [0.15, 0.2) is 15.9 Å². The van der Waals surface area contributed by atoms with Gasteiger partial charge in [0, 0.05) is 22.9 Å². The van der Waals surface area contributed by atoms with Gasteiger partial charge in [-0.1, -0.05) is 0 Å². The van der Waals surface area contributed by atoms with Crippen molar-refractivity contribution in [1.29, 1.82) is 0 Å². The SMILES string of the molecule is CN(c1cc(Br)cs1)S(=O)(=O)CC1CCCN1. The number of nitrogens with one attached hydrogen (secondary N) is 1. The zero-order chi connectivity index (χ0) is 12.5. The first-order valence-electron chi connectivity index (χ1n) is 5.43. The summed E-state index contributed by atoms with van der Waals surface area (Å²) in [6.07, 6.45) is 2.01. The van der Waals surface area contributed by atoms with Crippen LogP contribution in [0.25, 0.3) is 0 Å². The lowest BCUT2D eigenvalue weighted by Crippen LogP contribution is -2.37. The van der Waals surface area contributed by atoms with Crippen molar-refractivity contribution >= 4 is 42.3 Å². The summed E-state index contributed by atoms with van der Waals surface area (Å²) >= 11 is 4.75. The van der Waals surface area contributed by atoms with Crippen LogP contribution in [0, 0.1) is 0 Å². The van der Waals surface area contributed by atoms with Crippen LogP contribution < -0.4 is 9.62 Å². The highest BCUT2D eigenvalue weighted by atomic mass is 79.9. The van der Waals surface area contributed by atoms with Crippen LogP contribution in [0.3, 0.4) is 0 Å². The number of anilines is 1. The molecule has 7 heteroatoms. The molecule has 17 heavy (non-hydrogen) atoms. The van der Waals surface area contributed by atoms with Crippen LogP contribution in [0.2, 0.25) is 0 Å². The molecule has 1 unspecified atom stereocenters. The summed E-state index contributed by atoms with van der Waals surface area (Å²) < 4.78 is 26.6. The standard InChI is InChI=1S/C10H15BrN2O2S2/c1-13(10-5-8(11)6-16-10)17(14,15)7-9-3-2-4-12-9/h5-6,9,12H,2-4,7H2,1H3. The third-order valence-corrected chi connectivity index (χ3v) is 6.59. The molecule has 0 amide bonds. The van der Waals surface area contributed by atoms with Gasteiger partial charge in [0.15, 0.2) is 0 Å². The molecular formula is C10H15BrN2O2S2. The maximum Gasteiger partial charge on any atom is 0.237 e. The Morgan fingerprint density at radius 1 is 1.65 bits per heavy atom. The van der Waals surface area contributed by atoms with Gasteiger partial charge in [-0.2, -0.15) is 0 Å². The smallest absolute Gasteiger partial charge is 0.237 e. The maximum atomic E-state index is 12.2. The summed E-state index contributed by atoms with van der Waals surface area (Å²) in [6, 6.07) is 1.93. The van der Waals surface area contributed by atoms with E-state index in [-0.39, 0.29) is 11.8 Å². The molecule has 0 spiro atoms. The average molecular weight is 339 g/mol. The molecule has 0 aliphatic carbocycles. The number of hydrogen-bond acceptors (Lipinski definition) is 4. The van der Waals surface area contributed by atoms with Gasteiger partial charge in [0.05, 0.1) is 5.75 Å². The predicted molar refractivity (Wildman–Crippen MR) is 75.2 cm³/mol. The lowest BCUT2D eigenvalue weighted by atomic mass is 10.3.